The van der Waals surface area contributed by atoms with Gasteiger partial charge in [0.05, 0.1) is 23.5 Å². The minimum Gasteiger partial charge on any atom is -0.359 e. The molecular weight excluding hydrogens is 314 g/mol. The minimum atomic E-state index is -0.115. The van der Waals surface area contributed by atoms with Gasteiger partial charge in [0, 0.05) is 30.9 Å². The van der Waals surface area contributed by atoms with E-state index in [9.17, 15) is 4.79 Å². The van der Waals surface area contributed by atoms with Crippen molar-refractivity contribution in [1.82, 2.24) is 25.1 Å². The normalized spacial score (nSPS) is 10.7. The highest BCUT2D eigenvalue weighted by Gasteiger charge is 2.17. The molecule has 6 heteroatoms. The van der Waals surface area contributed by atoms with Crippen LogP contribution in [0.25, 0.3) is 22.5 Å². The minimum absolute atomic E-state index is 0.115. The molecule has 0 aliphatic heterocycles. The molecule has 0 aliphatic rings. The van der Waals surface area contributed by atoms with Gasteiger partial charge in [0.2, 0.25) is 5.91 Å². The molecule has 1 N–H and O–H groups in total. The number of carbonyl (C=O) groups is 1. The lowest BCUT2D eigenvalue weighted by molar-refractivity contribution is -0.120. The second-order valence-electron chi connectivity index (χ2n) is 5.94. The van der Waals surface area contributed by atoms with Crippen molar-refractivity contribution in [3.8, 4) is 22.5 Å². The average Bonchev–Trinajstić information content (AvgIpc) is 2.87. The third-order valence-corrected chi connectivity index (χ3v) is 4.20. The topological polar surface area (TPSA) is 72.7 Å². The molecule has 0 unspecified atom stereocenters. The molecule has 0 radical (unpaired) electrons. The van der Waals surface area contributed by atoms with Gasteiger partial charge >= 0.3 is 0 Å². The summed E-state index contributed by atoms with van der Waals surface area (Å²) in [5.41, 5.74) is 5.50. The Hall–Kier alpha value is -3.02. The summed E-state index contributed by atoms with van der Waals surface area (Å²) < 4.78 is 1.84. The van der Waals surface area contributed by atoms with Crippen molar-refractivity contribution in [1.29, 1.82) is 0 Å². The van der Waals surface area contributed by atoms with Crippen LogP contribution < -0.4 is 5.32 Å². The van der Waals surface area contributed by atoms with Crippen LogP contribution in [0.4, 0.5) is 0 Å². The number of nitrogens with zero attached hydrogens (tertiary/aromatic N) is 4. The second kappa shape index (κ2) is 6.84. The smallest absolute Gasteiger partial charge is 0.227 e. The van der Waals surface area contributed by atoms with Crippen molar-refractivity contribution in [2.24, 2.45) is 7.05 Å². The first kappa shape index (κ1) is 16.8. The van der Waals surface area contributed by atoms with E-state index in [1.807, 2.05) is 62.0 Å². The lowest BCUT2D eigenvalue weighted by Crippen LogP contribution is -2.21. The summed E-state index contributed by atoms with van der Waals surface area (Å²) in [5, 5.41) is 7.10. The highest BCUT2D eigenvalue weighted by Crippen LogP contribution is 2.28. The Labute approximate surface area is 146 Å². The number of carbonyl (C=O) groups excluding carboxylic acids is 1. The summed E-state index contributed by atoms with van der Waals surface area (Å²) in [4.78, 5) is 21.0. The largest absolute Gasteiger partial charge is 0.359 e. The van der Waals surface area contributed by atoms with E-state index in [0.717, 1.165) is 33.9 Å². The van der Waals surface area contributed by atoms with Gasteiger partial charge in [-0.25, -0.2) is 9.97 Å². The Morgan fingerprint density at radius 3 is 2.40 bits per heavy atom. The van der Waals surface area contributed by atoms with Crippen LogP contribution in [-0.4, -0.2) is 32.7 Å². The molecule has 3 rings (SSSR count). The highest BCUT2D eigenvalue weighted by atomic mass is 16.1. The number of aryl methyl sites for hydroxylation is 2. The van der Waals surface area contributed by atoms with Crippen molar-refractivity contribution < 1.29 is 4.79 Å². The number of hydrogen-bond donors (Lipinski definition) is 1. The molecule has 6 nitrogen and oxygen atoms in total. The highest BCUT2D eigenvalue weighted by molar-refractivity contribution is 5.78. The lowest BCUT2D eigenvalue weighted by atomic mass is 10.1. The summed E-state index contributed by atoms with van der Waals surface area (Å²) in [5.74, 6) is 0.383. The molecule has 1 amide bonds. The number of amides is 1. The number of nitrogens with one attached hydrogen (secondary N) is 1. The number of rotatable bonds is 4. The third-order valence-electron chi connectivity index (χ3n) is 4.20. The van der Waals surface area contributed by atoms with Gasteiger partial charge < -0.3 is 5.32 Å². The van der Waals surface area contributed by atoms with E-state index in [-0.39, 0.29) is 12.3 Å². The maximum atomic E-state index is 11.8. The van der Waals surface area contributed by atoms with Crippen molar-refractivity contribution in [3.05, 3.63) is 53.6 Å². The van der Waals surface area contributed by atoms with Crippen LogP contribution in [0.5, 0.6) is 0 Å². The maximum absolute atomic E-state index is 11.8. The van der Waals surface area contributed by atoms with Gasteiger partial charge in [0.25, 0.3) is 0 Å². The number of aromatic nitrogens is 4. The fraction of sp³-hybridized carbons (Fsp3) is 0.263. The van der Waals surface area contributed by atoms with Gasteiger partial charge in [0.15, 0.2) is 0 Å². The summed E-state index contributed by atoms with van der Waals surface area (Å²) in [6.45, 7) is 3.98. The van der Waals surface area contributed by atoms with Crippen molar-refractivity contribution in [2.75, 3.05) is 7.05 Å². The Morgan fingerprint density at radius 1 is 1.12 bits per heavy atom. The van der Waals surface area contributed by atoms with E-state index in [1.54, 1.807) is 7.05 Å². The van der Waals surface area contributed by atoms with Gasteiger partial charge in [-0.3, -0.25) is 9.48 Å². The molecule has 0 aliphatic carbocycles. The van der Waals surface area contributed by atoms with E-state index in [1.165, 1.54) is 0 Å². The SMILES string of the molecule is CNC(=O)Cc1nc(-c2ccccc2)cc(-c2c(C)nn(C)c2C)n1. The summed E-state index contributed by atoms with van der Waals surface area (Å²) in [6, 6.07) is 11.9. The van der Waals surface area contributed by atoms with Crippen molar-refractivity contribution in [3.63, 3.8) is 0 Å². The molecule has 128 valence electrons. The molecule has 3 aromatic rings. The molecule has 0 atom stereocenters. The molecule has 1 aromatic carbocycles. The number of benzene rings is 1. The van der Waals surface area contributed by atoms with Crippen LogP contribution >= 0.6 is 0 Å². The number of hydrogen-bond acceptors (Lipinski definition) is 4. The van der Waals surface area contributed by atoms with Crippen LogP contribution in [0.1, 0.15) is 17.2 Å². The molecule has 0 fully saturated rings. The van der Waals surface area contributed by atoms with E-state index in [2.05, 4.69) is 20.4 Å². The summed E-state index contributed by atoms with van der Waals surface area (Å²) in [7, 11) is 3.52. The third kappa shape index (κ3) is 3.42. The first-order valence-electron chi connectivity index (χ1n) is 8.14. The fourth-order valence-corrected chi connectivity index (χ4v) is 2.84. The molecule has 2 heterocycles. The Bertz CT molecular complexity index is 915. The summed E-state index contributed by atoms with van der Waals surface area (Å²) >= 11 is 0. The quantitative estimate of drug-likeness (QED) is 0.795. The first-order valence-corrected chi connectivity index (χ1v) is 8.14. The maximum Gasteiger partial charge on any atom is 0.227 e. The molecule has 0 spiro atoms. The van der Waals surface area contributed by atoms with Gasteiger partial charge in [-0.1, -0.05) is 30.3 Å². The lowest BCUT2D eigenvalue weighted by Gasteiger charge is -2.09. The molecule has 0 bridgehead atoms. The zero-order chi connectivity index (χ0) is 18.0. The van der Waals surface area contributed by atoms with Crippen molar-refractivity contribution >= 4 is 5.91 Å². The zero-order valence-electron chi connectivity index (χ0n) is 14.9. The monoisotopic (exact) mass is 335 g/mol. The molecular formula is C19H21N5O. The Kier molecular flexibility index (Phi) is 4.61. The number of likely N-dealkylation sites (N-methyl/N-ethyl adjacent to an activating group) is 1. The van der Waals surface area contributed by atoms with Crippen LogP contribution in [0.3, 0.4) is 0 Å². The van der Waals surface area contributed by atoms with Gasteiger partial charge in [-0.15, -0.1) is 0 Å². The van der Waals surface area contributed by atoms with E-state index in [0.29, 0.717) is 5.82 Å². The average molecular weight is 335 g/mol. The molecule has 0 saturated heterocycles. The zero-order valence-corrected chi connectivity index (χ0v) is 14.9. The van der Waals surface area contributed by atoms with Gasteiger partial charge in [-0.2, -0.15) is 5.10 Å². The molecule has 25 heavy (non-hydrogen) atoms. The van der Waals surface area contributed by atoms with Crippen LogP contribution in [0.2, 0.25) is 0 Å². The fourth-order valence-electron chi connectivity index (χ4n) is 2.84. The van der Waals surface area contributed by atoms with E-state index >= 15 is 0 Å². The predicted octanol–water partition coefficient (Wildman–Crippen LogP) is 2.45. The standard InChI is InChI=1S/C19H21N5O/c1-12-19(13(2)24(4)23-12)16-10-15(14-8-6-5-7-9-14)21-17(22-16)11-18(25)20-3/h5-10H,11H2,1-4H3,(H,20,25). The van der Waals surface area contributed by atoms with E-state index < -0.39 is 0 Å². The van der Waals surface area contributed by atoms with Crippen LogP contribution in [0.15, 0.2) is 36.4 Å². The second-order valence-corrected chi connectivity index (χ2v) is 5.94. The van der Waals surface area contributed by atoms with Gasteiger partial charge in [0.1, 0.15) is 5.82 Å². The van der Waals surface area contributed by atoms with Crippen molar-refractivity contribution in [2.45, 2.75) is 20.3 Å². The van der Waals surface area contributed by atoms with Crippen LogP contribution in [-0.2, 0) is 18.3 Å². The molecule has 2 aromatic heterocycles. The van der Waals surface area contributed by atoms with E-state index in [4.69, 9.17) is 0 Å². The Morgan fingerprint density at radius 2 is 1.80 bits per heavy atom. The summed E-state index contributed by atoms with van der Waals surface area (Å²) in [6.07, 6.45) is 0.141. The first-order chi connectivity index (χ1) is 12.0. The predicted molar refractivity (Wildman–Crippen MR) is 96.9 cm³/mol. The molecule has 0 saturated carbocycles. The van der Waals surface area contributed by atoms with Crippen LogP contribution in [0, 0.1) is 13.8 Å². The Balaban J connectivity index is 2.17. The van der Waals surface area contributed by atoms with Gasteiger partial charge in [-0.05, 0) is 19.9 Å².